The van der Waals surface area contributed by atoms with Crippen molar-refractivity contribution in [2.45, 2.75) is 58.1 Å². The molecular weight excluding hydrogens is 366 g/mol. The van der Waals surface area contributed by atoms with Crippen LogP contribution in [0.25, 0.3) is 0 Å². The highest BCUT2D eigenvalue weighted by Gasteiger charge is 2.26. The molecule has 1 aromatic rings. The number of piperidine rings is 1. The molecule has 150 valence electrons. The first kappa shape index (κ1) is 21.5. The normalized spacial score (nSPS) is 20.5. The smallest absolute Gasteiger partial charge is 0.265 e. The van der Waals surface area contributed by atoms with E-state index in [1.54, 1.807) is 0 Å². The molecule has 7 heteroatoms. The molecule has 6 nitrogen and oxygen atoms in total. The van der Waals surface area contributed by atoms with Gasteiger partial charge in [0.25, 0.3) is 5.91 Å². The number of ether oxygens (including phenoxy) is 1. The largest absolute Gasteiger partial charge is 0.478 e. The van der Waals surface area contributed by atoms with Crippen molar-refractivity contribution in [3.8, 4) is 5.75 Å². The molecule has 3 rings (SSSR count). The van der Waals surface area contributed by atoms with E-state index in [0.717, 1.165) is 37.9 Å². The summed E-state index contributed by atoms with van der Waals surface area (Å²) in [6, 6.07) is 5.58. The van der Waals surface area contributed by atoms with Gasteiger partial charge in [0.05, 0.1) is 11.7 Å². The number of carbonyl (C=O) groups excluding carboxylic acids is 2. The number of benzene rings is 1. The van der Waals surface area contributed by atoms with Gasteiger partial charge in [0.2, 0.25) is 5.91 Å². The van der Waals surface area contributed by atoms with Crippen LogP contribution in [-0.2, 0) is 9.59 Å². The number of nitrogens with one attached hydrogen (secondary N) is 3. The second-order valence-electron chi connectivity index (χ2n) is 7.28. The molecule has 0 spiro atoms. The highest BCUT2D eigenvalue weighted by molar-refractivity contribution is 5.97. The van der Waals surface area contributed by atoms with E-state index in [1.165, 1.54) is 0 Å². The Bertz CT molecular complexity index is 662. The van der Waals surface area contributed by atoms with E-state index in [1.807, 2.05) is 32.0 Å². The van der Waals surface area contributed by atoms with Crippen LogP contribution in [0.5, 0.6) is 5.75 Å². The Labute approximate surface area is 167 Å². The van der Waals surface area contributed by atoms with Crippen molar-refractivity contribution in [3.63, 3.8) is 0 Å². The molecule has 1 saturated heterocycles. The molecule has 0 radical (unpaired) electrons. The SMILES string of the molecule is CCC1Oc2cc(C(C)NC(=O)CCC3CCNCC3)ccc2NC1=O.Cl. The van der Waals surface area contributed by atoms with Crippen LogP contribution >= 0.6 is 12.4 Å². The number of fused-ring (bicyclic) bond motifs is 1. The van der Waals surface area contributed by atoms with E-state index in [9.17, 15) is 9.59 Å². The Hall–Kier alpha value is -1.79. The maximum atomic E-state index is 12.3. The lowest BCUT2D eigenvalue weighted by atomic mass is 9.93. The molecule has 2 heterocycles. The fraction of sp³-hybridized carbons (Fsp3) is 0.600. The Morgan fingerprint density at radius 1 is 1.33 bits per heavy atom. The van der Waals surface area contributed by atoms with Crippen molar-refractivity contribution in [2.24, 2.45) is 5.92 Å². The number of carbonyl (C=O) groups is 2. The maximum absolute atomic E-state index is 12.3. The van der Waals surface area contributed by atoms with Crippen LogP contribution in [0.2, 0.25) is 0 Å². The van der Waals surface area contributed by atoms with Crippen LogP contribution in [-0.4, -0.2) is 31.0 Å². The summed E-state index contributed by atoms with van der Waals surface area (Å²) < 4.78 is 5.79. The second-order valence-corrected chi connectivity index (χ2v) is 7.28. The predicted octanol–water partition coefficient (Wildman–Crippen LogP) is 3.17. The first-order valence-corrected chi connectivity index (χ1v) is 9.68. The third kappa shape index (κ3) is 5.59. The minimum absolute atomic E-state index is 0. The van der Waals surface area contributed by atoms with Crippen molar-refractivity contribution >= 4 is 29.9 Å². The summed E-state index contributed by atoms with van der Waals surface area (Å²) in [5.41, 5.74) is 1.66. The van der Waals surface area contributed by atoms with Crippen LogP contribution < -0.4 is 20.7 Å². The highest BCUT2D eigenvalue weighted by atomic mass is 35.5. The average molecular weight is 396 g/mol. The van der Waals surface area contributed by atoms with Gasteiger partial charge in [-0.1, -0.05) is 13.0 Å². The molecule has 0 aromatic heterocycles. The van der Waals surface area contributed by atoms with Gasteiger partial charge in [-0.2, -0.15) is 0 Å². The molecule has 2 unspecified atom stereocenters. The fourth-order valence-electron chi connectivity index (χ4n) is 3.60. The van der Waals surface area contributed by atoms with Gasteiger partial charge in [-0.3, -0.25) is 9.59 Å². The monoisotopic (exact) mass is 395 g/mol. The number of anilines is 1. The van der Waals surface area contributed by atoms with Gasteiger partial charge in [-0.25, -0.2) is 0 Å². The van der Waals surface area contributed by atoms with Gasteiger partial charge in [-0.15, -0.1) is 12.4 Å². The quantitative estimate of drug-likeness (QED) is 0.691. The zero-order chi connectivity index (χ0) is 18.5. The van der Waals surface area contributed by atoms with E-state index >= 15 is 0 Å². The maximum Gasteiger partial charge on any atom is 0.265 e. The lowest BCUT2D eigenvalue weighted by molar-refractivity contribution is -0.123. The summed E-state index contributed by atoms with van der Waals surface area (Å²) >= 11 is 0. The highest BCUT2D eigenvalue weighted by Crippen LogP contribution is 2.33. The summed E-state index contributed by atoms with van der Waals surface area (Å²) in [6.07, 6.45) is 4.03. The molecule has 0 bridgehead atoms. The fourth-order valence-corrected chi connectivity index (χ4v) is 3.60. The molecule has 27 heavy (non-hydrogen) atoms. The predicted molar refractivity (Wildman–Crippen MR) is 108 cm³/mol. The van der Waals surface area contributed by atoms with Gasteiger partial charge in [-0.05, 0) is 69.3 Å². The molecule has 2 amide bonds. The lowest BCUT2D eigenvalue weighted by Gasteiger charge is -2.26. The summed E-state index contributed by atoms with van der Waals surface area (Å²) in [7, 11) is 0. The summed E-state index contributed by atoms with van der Waals surface area (Å²) in [4.78, 5) is 24.1. The van der Waals surface area contributed by atoms with Gasteiger partial charge in [0, 0.05) is 6.42 Å². The van der Waals surface area contributed by atoms with Gasteiger partial charge >= 0.3 is 0 Å². The molecule has 2 aliphatic heterocycles. The number of hydrogen-bond acceptors (Lipinski definition) is 4. The second kappa shape index (κ2) is 9.95. The summed E-state index contributed by atoms with van der Waals surface area (Å²) in [6.45, 7) is 6.02. The molecule has 1 aromatic carbocycles. The van der Waals surface area contributed by atoms with Crippen LogP contribution in [0.4, 0.5) is 5.69 Å². The Morgan fingerprint density at radius 3 is 2.78 bits per heavy atom. The van der Waals surface area contributed by atoms with E-state index in [0.29, 0.717) is 30.2 Å². The van der Waals surface area contributed by atoms with Crippen molar-refractivity contribution in [2.75, 3.05) is 18.4 Å². The molecule has 0 aliphatic carbocycles. The molecular formula is C20H30ClN3O3. The molecule has 3 N–H and O–H groups in total. The van der Waals surface area contributed by atoms with E-state index in [4.69, 9.17) is 4.74 Å². The van der Waals surface area contributed by atoms with Crippen LogP contribution in [0, 0.1) is 5.92 Å². The van der Waals surface area contributed by atoms with E-state index in [-0.39, 0.29) is 30.3 Å². The Kier molecular flexibility index (Phi) is 7.92. The van der Waals surface area contributed by atoms with Crippen molar-refractivity contribution in [3.05, 3.63) is 23.8 Å². The zero-order valence-corrected chi connectivity index (χ0v) is 16.9. The standard InChI is InChI=1S/C20H29N3O3.ClH/c1-3-17-20(25)23-16-6-5-15(12-18(16)26-17)13(2)22-19(24)7-4-14-8-10-21-11-9-14;/h5-6,12-14,17,21H,3-4,7-11H2,1-2H3,(H,22,24)(H,23,25);1H. The van der Waals surface area contributed by atoms with Crippen molar-refractivity contribution < 1.29 is 14.3 Å². The molecule has 0 saturated carbocycles. The number of hydrogen-bond donors (Lipinski definition) is 3. The van der Waals surface area contributed by atoms with Crippen molar-refractivity contribution in [1.82, 2.24) is 10.6 Å². The van der Waals surface area contributed by atoms with Crippen LogP contribution in [0.15, 0.2) is 18.2 Å². The minimum atomic E-state index is -0.451. The van der Waals surface area contributed by atoms with Crippen LogP contribution in [0.3, 0.4) is 0 Å². The molecule has 1 fully saturated rings. The lowest BCUT2D eigenvalue weighted by Crippen LogP contribution is -2.36. The number of rotatable bonds is 6. The third-order valence-electron chi connectivity index (χ3n) is 5.31. The average Bonchev–Trinajstić information content (AvgIpc) is 2.66. The van der Waals surface area contributed by atoms with E-state index < -0.39 is 6.10 Å². The van der Waals surface area contributed by atoms with Crippen molar-refractivity contribution in [1.29, 1.82) is 0 Å². The van der Waals surface area contributed by atoms with Gasteiger partial charge in [0.1, 0.15) is 5.75 Å². The summed E-state index contributed by atoms with van der Waals surface area (Å²) in [5, 5.41) is 9.30. The first-order valence-electron chi connectivity index (χ1n) is 9.68. The molecule has 2 atom stereocenters. The third-order valence-corrected chi connectivity index (χ3v) is 5.31. The van der Waals surface area contributed by atoms with E-state index in [2.05, 4.69) is 16.0 Å². The number of halogens is 1. The summed E-state index contributed by atoms with van der Waals surface area (Å²) in [5.74, 6) is 1.32. The topological polar surface area (TPSA) is 79.5 Å². The van der Waals surface area contributed by atoms with Gasteiger partial charge < -0.3 is 20.7 Å². The molecule has 2 aliphatic rings. The Balaban J connectivity index is 0.00000261. The van der Waals surface area contributed by atoms with Gasteiger partial charge in [0.15, 0.2) is 6.10 Å². The zero-order valence-electron chi connectivity index (χ0n) is 16.0. The van der Waals surface area contributed by atoms with Crippen LogP contribution in [0.1, 0.15) is 57.6 Å². The number of amides is 2. The minimum Gasteiger partial charge on any atom is -0.478 e. The Morgan fingerprint density at radius 2 is 2.07 bits per heavy atom. The first-order chi connectivity index (χ1) is 12.6.